The number of benzene rings is 3. The Hall–Kier alpha value is -3.58. The summed E-state index contributed by atoms with van der Waals surface area (Å²) < 4.78 is 11.2. The lowest BCUT2D eigenvalue weighted by atomic mass is 10.1. The molecule has 2 amide bonds. The van der Waals surface area contributed by atoms with Crippen molar-refractivity contribution in [2.45, 2.75) is 58.5 Å². The molecule has 204 valence electrons. The Balaban J connectivity index is 1.58. The van der Waals surface area contributed by atoms with Crippen molar-refractivity contribution in [1.29, 1.82) is 0 Å². The number of anilines is 1. The maximum absolute atomic E-state index is 13.3. The zero-order valence-electron chi connectivity index (χ0n) is 22.5. The van der Waals surface area contributed by atoms with E-state index < -0.39 is 12.1 Å². The number of ether oxygens (including phenoxy) is 2. The van der Waals surface area contributed by atoms with Crippen LogP contribution in [0.15, 0.2) is 66.7 Å². The van der Waals surface area contributed by atoms with Crippen molar-refractivity contribution < 1.29 is 24.2 Å². The molecule has 7 nitrogen and oxygen atoms in total. The van der Waals surface area contributed by atoms with Crippen molar-refractivity contribution in [3.8, 4) is 5.75 Å². The van der Waals surface area contributed by atoms with E-state index >= 15 is 0 Å². The number of nitrogens with one attached hydrogen (secondary N) is 1. The number of carbonyl (C=O) groups is 2. The third-order valence-electron chi connectivity index (χ3n) is 6.47. The van der Waals surface area contributed by atoms with Crippen molar-refractivity contribution in [2.24, 2.45) is 0 Å². The lowest BCUT2D eigenvalue weighted by Crippen LogP contribution is -2.38. The normalized spacial score (nSPS) is 11.7. The summed E-state index contributed by atoms with van der Waals surface area (Å²) in [6, 6.07) is 21.1. The van der Waals surface area contributed by atoms with Crippen LogP contribution in [0, 0.1) is 0 Å². The molecule has 0 aliphatic rings. The fraction of sp³-hybridized carbons (Fsp3) is 0.419. The van der Waals surface area contributed by atoms with Gasteiger partial charge in [0.05, 0.1) is 12.2 Å². The second-order valence-corrected chi connectivity index (χ2v) is 9.34. The van der Waals surface area contributed by atoms with Gasteiger partial charge in [-0.15, -0.1) is 0 Å². The first kappa shape index (κ1) is 29.0. The summed E-state index contributed by atoms with van der Waals surface area (Å²) in [7, 11) is 0. The summed E-state index contributed by atoms with van der Waals surface area (Å²) in [5.74, 6) is -0.293. The average molecular weight is 521 g/mol. The summed E-state index contributed by atoms with van der Waals surface area (Å²) in [6.07, 6.45) is 5.03. The Morgan fingerprint density at radius 1 is 0.895 bits per heavy atom. The lowest BCUT2D eigenvalue weighted by Gasteiger charge is -2.24. The number of unbranched alkanes of at least 4 members (excludes halogenated alkanes) is 4. The van der Waals surface area contributed by atoms with Crippen molar-refractivity contribution in [2.75, 3.05) is 31.6 Å². The maximum atomic E-state index is 13.3. The molecule has 0 aromatic heterocycles. The Bertz CT molecular complexity index is 1140. The molecule has 0 saturated heterocycles. The number of nitrogens with zero attached hydrogens (tertiary/aromatic N) is 1. The van der Waals surface area contributed by atoms with Crippen molar-refractivity contribution >= 4 is 28.5 Å². The topological polar surface area (TPSA) is 88.1 Å². The van der Waals surface area contributed by atoms with Gasteiger partial charge in [-0.05, 0) is 42.5 Å². The number of hydrogen-bond acceptors (Lipinski definition) is 4. The Kier molecular flexibility index (Phi) is 11.9. The van der Waals surface area contributed by atoms with E-state index in [1.165, 1.54) is 19.3 Å². The zero-order chi connectivity index (χ0) is 27.2. The summed E-state index contributed by atoms with van der Waals surface area (Å²) in [6.45, 7) is 5.80. The molecule has 3 aromatic rings. The highest BCUT2D eigenvalue weighted by Crippen LogP contribution is 2.23. The SMILES string of the molecule is CCCCCCCN(CCOc1ccc(CC(OCC)C(=O)O)cc1)C(=O)Nc1cccc2ccccc12. The predicted molar refractivity (Wildman–Crippen MR) is 152 cm³/mol. The third-order valence-corrected chi connectivity index (χ3v) is 6.47. The largest absolute Gasteiger partial charge is 0.492 e. The second kappa shape index (κ2) is 15.6. The standard InChI is InChI=1S/C31H40N2O5/c1-3-5-6-7-10-20-33(31(36)32-28-15-11-13-25-12-8-9-14-27(25)28)21-22-38-26-18-16-24(17-19-26)23-29(30(34)35)37-4-2/h8-9,11-19,29H,3-7,10,20-23H2,1-2H3,(H,32,36)(H,34,35). The molecule has 0 spiro atoms. The average Bonchev–Trinajstić information content (AvgIpc) is 2.92. The van der Waals surface area contributed by atoms with Crippen LogP contribution in [-0.2, 0) is 16.0 Å². The van der Waals surface area contributed by atoms with Crippen LogP contribution < -0.4 is 10.1 Å². The predicted octanol–water partition coefficient (Wildman–Crippen LogP) is 6.76. The number of amides is 2. The lowest BCUT2D eigenvalue weighted by molar-refractivity contribution is -0.149. The van der Waals surface area contributed by atoms with E-state index in [2.05, 4.69) is 12.2 Å². The highest BCUT2D eigenvalue weighted by Gasteiger charge is 2.18. The molecule has 1 unspecified atom stereocenters. The van der Waals surface area contributed by atoms with E-state index in [1.807, 2.05) is 71.6 Å². The van der Waals surface area contributed by atoms with Gasteiger partial charge in [-0.25, -0.2) is 9.59 Å². The van der Waals surface area contributed by atoms with Crippen LogP contribution >= 0.6 is 0 Å². The highest BCUT2D eigenvalue weighted by atomic mass is 16.5. The Morgan fingerprint density at radius 2 is 1.63 bits per heavy atom. The number of hydrogen-bond donors (Lipinski definition) is 2. The first-order chi connectivity index (χ1) is 18.5. The maximum Gasteiger partial charge on any atom is 0.333 e. The number of carboxylic acid groups (broad SMARTS) is 1. The molecule has 0 aliphatic carbocycles. The van der Waals surface area contributed by atoms with Crippen LogP contribution in [0.5, 0.6) is 5.75 Å². The minimum absolute atomic E-state index is 0.133. The molecule has 3 rings (SSSR count). The number of carboxylic acids is 1. The molecule has 0 saturated carbocycles. The minimum atomic E-state index is -0.969. The molecule has 0 fully saturated rings. The fourth-order valence-corrected chi connectivity index (χ4v) is 4.38. The van der Waals surface area contributed by atoms with Crippen LogP contribution in [0.25, 0.3) is 10.8 Å². The molecule has 38 heavy (non-hydrogen) atoms. The Morgan fingerprint density at radius 3 is 2.37 bits per heavy atom. The van der Waals surface area contributed by atoms with E-state index in [4.69, 9.17) is 9.47 Å². The molecular formula is C31H40N2O5. The van der Waals surface area contributed by atoms with Gasteiger partial charge in [0.2, 0.25) is 0 Å². The number of fused-ring (bicyclic) bond motifs is 1. The van der Waals surface area contributed by atoms with Gasteiger partial charge in [-0.3, -0.25) is 0 Å². The van der Waals surface area contributed by atoms with Crippen molar-refractivity contribution in [1.82, 2.24) is 4.90 Å². The van der Waals surface area contributed by atoms with E-state index in [0.29, 0.717) is 38.5 Å². The zero-order valence-corrected chi connectivity index (χ0v) is 22.5. The van der Waals surface area contributed by atoms with Crippen molar-refractivity contribution in [3.63, 3.8) is 0 Å². The molecule has 1 atom stereocenters. The van der Waals surface area contributed by atoms with Crippen LogP contribution in [0.4, 0.5) is 10.5 Å². The number of rotatable bonds is 16. The van der Waals surface area contributed by atoms with E-state index in [-0.39, 0.29) is 6.03 Å². The quantitative estimate of drug-likeness (QED) is 0.204. The van der Waals surface area contributed by atoms with Crippen molar-refractivity contribution in [3.05, 3.63) is 72.3 Å². The number of aliphatic carboxylic acids is 1. The van der Waals surface area contributed by atoms with Gasteiger partial charge in [0.1, 0.15) is 12.4 Å². The van der Waals surface area contributed by atoms with Crippen LogP contribution in [0.3, 0.4) is 0 Å². The smallest absolute Gasteiger partial charge is 0.333 e. The number of carbonyl (C=O) groups excluding carboxylic acids is 1. The van der Waals surface area contributed by atoms with Crippen LogP contribution in [0.2, 0.25) is 0 Å². The van der Waals surface area contributed by atoms with E-state index in [1.54, 1.807) is 6.92 Å². The minimum Gasteiger partial charge on any atom is -0.492 e. The molecule has 0 aliphatic heterocycles. The van der Waals surface area contributed by atoms with Gasteiger partial charge < -0.3 is 24.8 Å². The summed E-state index contributed by atoms with van der Waals surface area (Å²) >= 11 is 0. The van der Waals surface area contributed by atoms with Gasteiger partial charge >= 0.3 is 12.0 Å². The molecule has 3 aromatic carbocycles. The molecule has 0 radical (unpaired) electrons. The van der Waals surface area contributed by atoms with Gasteiger partial charge in [-0.2, -0.15) is 0 Å². The summed E-state index contributed by atoms with van der Waals surface area (Å²) in [5, 5.41) is 14.5. The fourth-order valence-electron chi connectivity index (χ4n) is 4.38. The second-order valence-electron chi connectivity index (χ2n) is 9.34. The molecule has 2 N–H and O–H groups in total. The first-order valence-electron chi connectivity index (χ1n) is 13.6. The summed E-state index contributed by atoms with van der Waals surface area (Å²) in [4.78, 5) is 26.4. The molecular weight excluding hydrogens is 480 g/mol. The monoisotopic (exact) mass is 520 g/mol. The van der Waals surface area contributed by atoms with Gasteiger partial charge in [0.15, 0.2) is 6.10 Å². The molecule has 0 bridgehead atoms. The molecule has 7 heteroatoms. The third kappa shape index (κ3) is 9.06. The van der Waals surface area contributed by atoms with Gasteiger partial charge in [0.25, 0.3) is 0 Å². The van der Waals surface area contributed by atoms with Gasteiger partial charge in [0, 0.05) is 25.0 Å². The highest BCUT2D eigenvalue weighted by molar-refractivity contribution is 6.01. The van der Waals surface area contributed by atoms with Gasteiger partial charge in [-0.1, -0.05) is 81.1 Å². The first-order valence-corrected chi connectivity index (χ1v) is 13.6. The van der Waals surface area contributed by atoms with Crippen LogP contribution in [-0.4, -0.2) is 54.4 Å². The molecule has 0 heterocycles. The number of urea groups is 1. The van der Waals surface area contributed by atoms with Crippen LogP contribution in [0.1, 0.15) is 51.5 Å². The summed E-state index contributed by atoms with van der Waals surface area (Å²) in [5.41, 5.74) is 1.66. The van der Waals surface area contributed by atoms with E-state index in [0.717, 1.165) is 34.9 Å². The van der Waals surface area contributed by atoms with E-state index in [9.17, 15) is 14.7 Å². The Labute approximate surface area is 225 Å².